The monoisotopic (exact) mass is 300 g/mol. The minimum Gasteiger partial charge on any atom is -0.493 e. The van der Waals surface area contributed by atoms with E-state index in [9.17, 15) is 9.59 Å². The predicted molar refractivity (Wildman–Crippen MR) is 80.2 cm³/mol. The lowest BCUT2D eigenvalue weighted by molar-refractivity contribution is -0.140. The van der Waals surface area contributed by atoms with E-state index in [-0.39, 0.29) is 0 Å². The number of aliphatic carboxylic acids is 1. The zero-order chi connectivity index (χ0) is 15.9. The van der Waals surface area contributed by atoms with Crippen molar-refractivity contribution in [2.45, 2.75) is 12.5 Å². The van der Waals surface area contributed by atoms with E-state index in [1.807, 2.05) is 30.3 Å². The highest BCUT2D eigenvalue weighted by Crippen LogP contribution is 2.31. The minimum absolute atomic E-state index is 0.353. The van der Waals surface area contributed by atoms with Gasteiger partial charge in [-0.05, 0) is 23.3 Å². The molecule has 0 aliphatic carbocycles. The third-order valence-electron chi connectivity index (χ3n) is 3.19. The van der Waals surface area contributed by atoms with Gasteiger partial charge < -0.3 is 19.4 Å². The number of carbonyl (C=O) groups is 2. The Balaban J connectivity index is 2.19. The Morgan fingerprint density at radius 1 is 1.18 bits per heavy atom. The van der Waals surface area contributed by atoms with Crippen LogP contribution in [0.1, 0.15) is 17.0 Å². The number of carboxylic acid groups (broad SMARTS) is 1. The number of ether oxygens (including phenoxy) is 2. The molecule has 2 rings (SSSR count). The van der Waals surface area contributed by atoms with Crippen molar-refractivity contribution in [2.24, 2.45) is 0 Å². The van der Waals surface area contributed by atoms with Gasteiger partial charge in [0.05, 0.1) is 7.11 Å². The van der Waals surface area contributed by atoms with Gasteiger partial charge in [-0.3, -0.25) is 4.79 Å². The van der Waals surface area contributed by atoms with Crippen molar-refractivity contribution in [1.82, 2.24) is 0 Å². The fourth-order valence-corrected chi connectivity index (χ4v) is 2.01. The van der Waals surface area contributed by atoms with Crippen LogP contribution in [0.25, 0.3) is 0 Å². The molecule has 1 unspecified atom stereocenters. The second-order valence-electron chi connectivity index (χ2n) is 4.64. The molecule has 0 radical (unpaired) electrons. The molecule has 0 fully saturated rings. The van der Waals surface area contributed by atoms with E-state index in [1.165, 1.54) is 13.2 Å². The molecule has 1 N–H and O–H groups in total. The molecule has 2 aromatic carbocycles. The van der Waals surface area contributed by atoms with Crippen LogP contribution in [-0.4, -0.2) is 24.5 Å². The first-order valence-corrected chi connectivity index (χ1v) is 6.68. The second kappa shape index (κ2) is 7.26. The Kier molecular flexibility index (Phi) is 5.14. The molecular formula is C17H16O5. The summed E-state index contributed by atoms with van der Waals surface area (Å²) in [6.45, 7) is 0.368. The summed E-state index contributed by atoms with van der Waals surface area (Å²) in [5.41, 5.74) is 1.36. The number of aldehydes is 1. The van der Waals surface area contributed by atoms with Gasteiger partial charge in [-0.25, -0.2) is 0 Å². The van der Waals surface area contributed by atoms with Gasteiger partial charge in [0, 0.05) is 0 Å². The van der Waals surface area contributed by atoms with Gasteiger partial charge in [0.1, 0.15) is 18.8 Å². The molecule has 0 aliphatic heterocycles. The summed E-state index contributed by atoms with van der Waals surface area (Å²) >= 11 is 0. The van der Waals surface area contributed by atoms with Crippen molar-refractivity contribution in [1.29, 1.82) is 0 Å². The molecule has 114 valence electrons. The van der Waals surface area contributed by atoms with E-state index in [2.05, 4.69) is 0 Å². The van der Waals surface area contributed by atoms with Crippen LogP contribution in [0.15, 0.2) is 48.5 Å². The summed E-state index contributed by atoms with van der Waals surface area (Å²) in [6.07, 6.45) is 0.390. The van der Waals surface area contributed by atoms with E-state index in [0.29, 0.717) is 30.0 Å². The number of benzene rings is 2. The fraction of sp³-hybridized carbons (Fsp3) is 0.176. The number of carbonyl (C=O) groups excluding carboxylic acids is 1. The molecule has 1 atom stereocenters. The molecule has 0 saturated carbocycles. The molecule has 0 aliphatic rings. The lowest BCUT2D eigenvalue weighted by atomic mass is 10.0. The van der Waals surface area contributed by atoms with Crippen LogP contribution in [0.4, 0.5) is 0 Å². The van der Waals surface area contributed by atoms with Gasteiger partial charge in [-0.1, -0.05) is 36.4 Å². The first-order valence-electron chi connectivity index (χ1n) is 6.68. The lowest BCUT2D eigenvalue weighted by Gasteiger charge is -2.13. The SMILES string of the molecule is COc1cc(C(C=O)C(=O)O)ccc1OCc1ccccc1. The minimum atomic E-state index is -1.21. The normalized spacial score (nSPS) is 11.5. The summed E-state index contributed by atoms with van der Waals surface area (Å²) in [4.78, 5) is 21.9. The Hall–Kier alpha value is -2.82. The van der Waals surface area contributed by atoms with Crippen molar-refractivity contribution in [3.8, 4) is 11.5 Å². The topological polar surface area (TPSA) is 72.8 Å². The van der Waals surface area contributed by atoms with Crippen LogP contribution in [0.3, 0.4) is 0 Å². The number of methoxy groups -OCH3 is 1. The maximum absolute atomic E-state index is 11.0. The molecule has 0 bridgehead atoms. The van der Waals surface area contributed by atoms with Crippen molar-refractivity contribution in [3.63, 3.8) is 0 Å². The van der Waals surface area contributed by atoms with Crippen LogP contribution in [0.2, 0.25) is 0 Å². The Morgan fingerprint density at radius 3 is 2.50 bits per heavy atom. The third-order valence-corrected chi connectivity index (χ3v) is 3.19. The van der Waals surface area contributed by atoms with Gasteiger partial charge >= 0.3 is 5.97 Å². The third kappa shape index (κ3) is 3.63. The van der Waals surface area contributed by atoms with E-state index < -0.39 is 11.9 Å². The molecule has 0 amide bonds. The van der Waals surface area contributed by atoms with E-state index in [0.717, 1.165) is 5.56 Å². The summed E-state index contributed by atoms with van der Waals surface area (Å²) < 4.78 is 10.9. The first kappa shape index (κ1) is 15.6. The maximum atomic E-state index is 11.0. The van der Waals surface area contributed by atoms with Crippen LogP contribution in [-0.2, 0) is 16.2 Å². The first-order chi connectivity index (χ1) is 10.7. The molecule has 2 aromatic rings. The molecule has 0 aromatic heterocycles. The van der Waals surface area contributed by atoms with E-state index in [1.54, 1.807) is 12.1 Å². The highest BCUT2D eigenvalue weighted by Gasteiger charge is 2.20. The van der Waals surface area contributed by atoms with Crippen molar-refractivity contribution >= 4 is 12.3 Å². The van der Waals surface area contributed by atoms with Crippen molar-refractivity contribution < 1.29 is 24.2 Å². The Bertz CT molecular complexity index is 651. The van der Waals surface area contributed by atoms with Gasteiger partial charge in [0.15, 0.2) is 11.5 Å². The van der Waals surface area contributed by atoms with Gasteiger partial charge in [0.25, 0.3) is 0 Å². The molecule has 22 heavy (non-hydrogen) atoms. The highest BCUT2D eigenvalue weighted by molar-refractivity contribution is 5.93. The van der Waals surface area contributed by atoms with Crippen LogP contribution >= 0.6 is 0 Å². The molecule has 5 heteroatoms. The number of carboxylic acids is 1. The summed E-state index contributed by atoms with van der Waals surface area (Å²) in [5, 5.41) is 9.01. The number of hydrogen-bond donors (Lipinski definition) is 1. The smallest absolute Gasteiger partial charge is 0.318 e. The Labute approximate surface area is 128 Å². The number of rotatable bonds is 7. The largest absolute Gasteiger partial charge is 0.493 e. The van der Waals surface area contributed by atoms with Crippen LogP contribution in [0.5, 0.6) is 11.5 Å². The lowest BCUT2D eigenvalue weighted by Crippen LogP contribution is -2.13. The zero-order valence-corrected chi connectivity index (χ0v) is 12.1. The van der Waals surface area contributed by atoms with Gasteiger partial charge in [-0.2, -0.15) is 0 Å². The molecule has 5 nitrogen and oxygen atoms in total. The molecular weight excluding hydrogens is 284 g/mol. The number of hydrogen-bond acceptors (Lipinski definition) is 4. The molecule has 0 saturated heterocycles. The summed E-state index contributed by atoms with van der Waals surface area (Å²) in [5.74, 6) is -1.53. The second-order valence-corrected chi connectivity index (χ2v) is 4.64. The highest BCUT2D eigenvalue weighted by atomic mass is 16.5. The summed E-state index contributed by atoms with van der Waals surface area (Å²) in [7, 11) is 1.46. The quantitative estimate of drug-likeness (QED) is 0.628. The fourth-order valence-electron chi connectivity index (χ4n) is 2.01. The van der Waals surface area contributed by atoms with E-state index >= 15 is 0 Å². The molecule has 0 heterocycles. The van der Waals surface area contributed by atoms with E-state index in [4.69, 9.17) is 14.6 Å². The van der Waals surface area contributed by atoms with Crippen molar-refractivity contribution in [2.75, 3.05) is 7.11 Å². The zero-order valence-electron chi connectivity index (χ0n) is 12.1. The maximum Gasteiger partial charge on any atom is 0.318 e. The molecule has 0 spiro atoms. The van der Waals surface area contributed by atoms with Gasteiger partial charge in [-0.15, -0.1) is 0 Å². The van der Waals surface area contributed by atoms with Crippen LogP contribution < -0.4 is 9.47 Å². The summed E-state index contributed by atoms with van der Waals surface area (Å²) in [6, 6.07) is 14.3. The van der Waals surface area contributed by atoms with Crippen LogP contribution in [0, 0.1) is 0 Å². The van der Waals surface area contributed by atoms with Gasteiger partial charge in [0.2, 0.25) is 0 Å². The average molecular weight is 300 g/mol. The van der Waals surface area contributed by atoms with Crippen molar-refractivity contribution in [3.05, 3.63) is 59.7 Å². The Morgan fingerprint density at radius 2 is 1.91 bits per heavy atom. The standard InChI is InChI=1S/C17H16O5/c1-21-16-9-13(14(10-18)17(19)20)7-8-15(16)22-11-12-5-3-2-4-6-12/h2-10,14H,11H2,1H3,(H,19,20). The average Bonchev–Trinajstić information content (AvgIpc) is 2.54. The predicted octanol–water partition coefficient (Wildman–Crippen LogP) is 2.64.